The third-order valence-corrected chi connectivity index (χ3v) is 9.93. The van der Waals surface area contributed by atoms with Crippen molar-refractivity contribution in [3.05, 3.63) is 18.6 Å². The normalized spacial score (nSPS) is 51.9. The fourth-order valence-corrected chi connectivity index (χ4v) is 8.89. The van der Waals surface area contributed by atoms with Crippen molar-refractivity contribution in [2.24, 2.45) is 34.2 Å². The maximum atomic E-state index is 13.6. The van der Waals surface area contributed by atoms with E-state index in [1.54, 1.807) is 18.6 Å². The molecular weight excluding hydrogens is 366 g/mol. The van der Waals surface area contributed by atoms with Crippen LogP contribution in [0.3, 0.4) is 0 Å². The van der Waals surface area contributed by atoms with E-state index >= 15 is 0 Å². The van der Waals surface area contributed by atoms with E-state index in [-0.39, 0.29) is 35.6 Å². The van der Waals surface area contributed by atoms with Crippen molar-refractivity contribution in [3.8, 4) is 0 Å². The minimum absolute atomic E-state index is 0.0607. The Morgan fingerprint density at radius 1 is 1.14 bits per heavy atom. The number of rotatable bonds is 3. The number of hydrogen-bond donors (Lipinski definition) is 1. The molecular formula is C22H25N5O2. The van der Waals surface area contributed by atoms with Gasteiger partial charge in [-0.1, -0.05) is 0 Å². The van der Waals surface area contributed by atoms with Gasteiger partial charge in [-0.2, -0.15) is 5.10 Å². The summed E-state index contributed by atoms with van der Waals surface area (Å²) in [6.45, 7) is 0. The summed E-state index contributed by atoms with van der Waals surface area (Å²) < 4.78 is 6.22. The molecule has 8 aliphatic rings. The molecule has 1 aromatic rings. The average molecular weight is 391 g/mol. The van der Waals surface area contributed by atoms with Gasteiger partial charge in [0.05, 0.1) is 24.4 Å². The van der Waals surface area contributed by atoms with Crippen molar-refractivity contribution in [1.82, 2.24) is 15.3 Å². The fraction of sp³-hybridized carbons (Fsp3) is 0.727. The summed E-state index contributed by atoms with van der Waals surface area (Å²) in [7, 11) is 0. The second-order valence-electron chi connectivity index (χ2n) is 10.5. The summed E-state index contributed by atoms with van der Waals surface area (Å²) in [4.78, 5) is 22.3. The van der Waals surface area contributed by atoms with Crippen molar-refractivity contribution in [1.29, 1.82) is 0 Å². The SMILES string of the molecule is O=C(NC12CC3CC4CC1CC432)C1=NN(c2cnccn2)C2C3CCC(CC12)O3. The van der Waals surface area contributed by atoms with Crippen molar-refractivity contribution in [3.63, 3.8) is 0 Å². The van der Waals surface area contributed by atoms with Crippen LogP contribution >= 0.6 is 0 Å². The van der Waals surface area contributed by atoms with Gasteiger partial charge in [0.2, 0.25) is 0 Å². The average Bonchev–Trinajstić information content (AvgIpc) is 3.40. The minimum Gasteiger partial charge on any atom is -0.373 e. The summed E-state index contributed by atoms with van der Waals surface area (Å²) in [5.41, 5.74) is 1.27. The Kier molecular flexibility index (Phi) is 2.62. The van der Waals surface area contributed by atoms with E-state index in [0.717, 1.165) is 31.1 Å². The molecule has 7 heteroatoms. The number of ether oxygens (including phenoxy) is 1. The van der Waals surface area contributed by atoms with Gasteiger partial charge < -0.3 is 10.1 Å². The number of anilines is 1. The Morgan fingerprint density at radius 3 is 2.90 bits per heavy atom. The number of fused-ring (bicyclic) bond motifs is 4. The molecule has 9 rings (SSSR count). The Hall–Kier alpha value is -2.02. The highest BCUT2D eigenvalue weighted by molar-refractivity contribution is 6.41. The molecule has 29 heavy (non-hydrogen) atoms. The van der Waals surface area contributed by atoms with Crippen LogP contribution < -0.4 is 10.3 Å². The van der Waals surface area contributed by atoms with Gasteiger partial charge >= 0.3 is 0 Å². The molecule has 0 radical (unpaired) electrons. The highest BCUT2D eigenvalue weighted by Crippen LogP contribution is 2.87. The third kappa shape index (κ3) is 1.59. The molecule has 1 aromatic heterocycles. The lowest BCUT2D eigenvalue weighted by molar-refractivity contribution is -0.256. The van der Waals surface area contributed by atoms with Crippen LogP contribution in [0.25, 0.3) is 0 Å². The number of hydrazone groups is 1. The van der Waals surface area contributed by atoms with Crippen LogP contribution in [-0.2, 0) is 9.53 Å². The molecule has 1 spiro atoms. The Morgan fingerprint density at radius 2 is 2.07 bits per heavy atom. The largest absolute Gasteiger partial charge is 0.373 e. The van der Waals surface area contributed by atoms with Gasteiger partial charge in [0.1, 0.15) is 5.71 Å². The summed E-state index contributed by atoms with van der Waals surface area (Å²) in [6.07, 6.45) is 13.8. The first-order chi connectivity index (χ1) is 14.2. The zero-order valence-electron chi connectivity index (χ0n) is 16.3. The van der Waals surface area contributed by atoms with Gasteiger partial charge in [-0.3, -0.25) is 9.78 Å². The second-order valence-corrected chi connectivity index (χ2v) is 10.5. The fourth-order valence-electron chi connectivity index (χ4n) is 8.89. The van der Waals surface area contributed by atoms with Gasteiger partial charge in [-0.25, -0.2) is 9.99 Å². The first-order valence-electron chi connectivity index (χ1n) is 11.3. The number of nitrogens with zero attached hydrogens (tertiary/aromatic N) is 4. The number of hydrogen-bond acceptors (Lipinski definition) is 6. The third-order valence-electron chi connectivity index (χ3n) is 9.93. The van der Waals surface area contributed by atoms with Crippen LogP contribution in [0, 0.1) is 29.1 Å². The maximum Gasteiger partial charge on any atom is 0.268 e. The molecule has 1 amide bonds. The topological polar surface area (TPSA) is 79.7 Å². The van der Waals surface area contributed by atoms with Crippen LogP contribution in [0.1, 0.15) is 44.9 Å². The van der Waals surface area contributed by atoms with E-state index in [4.69, 9.17) is 9.84 Å². The van der Waals surface area contributed by atoms with E-state index in [2.05, 4.69) is 15.3 Å². The lowest BCUT2D eigenvalue weighted by atomic mass is 9.29. The van der Waals surface area contributed by atoms with Gasteiger partial charge in [0.25, 0.3) is 5.91 Å². The highest BCUT2D eigenvalue weighted by Gasteiger charge is 2.87. The summed E-state index contributed by atoms with van der Waals surface area (Å²) >= 11 is 0. The molecule has 4 bridgehead atoms. The highest BCUT2D eigenvalue weighted by atomic mass is 16.5. The Balaban J connectivity index is 1.14. The van der Waals surface area contributed by atoms with Crippen molar-refractivity contribution >= 4 is 17.4 Å². The first-order valence-corrected chi connectivity index (χ1v) is 11.3. The molecule has 9 unspecified atom stereocenters. The Bertz CT molecular complexity index is 965. The first kappa shape index (κ1) is 15.8. The quantitative estimate of drug-likeness (QED) is 0.851. The zero-order valence-corrected chi connectivity index (χ0v) is 16.3. The molecule has 7 fully saturated rings. The molecule has 7 nitrogen and oxygen atoms in total. The van der Waals surface area contributed by atoms with Crippen LogP contribution in [0.5, 0.6) is 0 Å². The molecule has 5 aliphatic carbocycles. The lowest BCUT2D eigenvalue weighted by Crippen LogP contribution is -2.83. The van der Waals surface area contributed by atoms with Gasteiger partial charge in [-0.05, 0) is 68.1 Å². The summed E-state index contributed by atoms with van der Waals surface area (Å²) in [5, 5.41) is 10.4. The smallest absolute Gasteiger partial charge is 0.268 e. The zero-order chi connectivity index (χ0) is 19.0. The molecule has 2 saturated heterocycles. The van der Waals surface area contributed by atoms with E-state index < -0.39 is 0 Å². The lowest BCUT2D eigenvalue weighted by Gasteiger charge is -2.78. The molecule has 0 aromatic carbocycles. The Labute approximate surface area is 169 Å². The van der Waals surface area contributed by atoms with E-state index in [0.29, 0.717) is 22.9 Å². The van der Waals surface area contributed by atoms with Crippen LogP contribution in [-0.4, -0.2) is 45.4 Å². The van der Waals surface area contributed by atoms with Gasteiger partial charge in [-0.15, -0.1) is 0 Å². The van der Waals surface area contributed by atoms with Crippen LogP contribution in [0.4, 0.5) is 5.82 Å². The number of aromatic nitrogens is 2. The van der Waals surface area contributed by atoms with Crippen molar-refractivity contribution in [2.75, 3.05) is 5.01 Å². The van der Waals surface area contributed by atoms with Crippen molar-refractivity contribution < 1.29 is 9.53 Å². The molecule has 1 N–H and O–H groups in total. The molecule has 3 aliphatic heterocycles. The predicted molar refractivity (Wildman–Crippen MR) is 104 cm³/mol. The maximum absolute atomic E-state index is 13.6. The predicted octanol–water partition coefficient (Wildman–Crippen LogP) is 1.89. The monoisotopic (exact) mass is 391 g/mol. The molecule has 5 saturated carbocycles. The number of nitrogens with one attached hydrogen (secondary N) is 1. The minimum atomic E-state index is 0.0607. The number of carbonyl (C=O) groups is 1. The van der Waals surface area contributed by atoms with Crippen molar-refractivity contribution in [2.45, 2.75) is 68.7 Å². The number of amides is 1. The second kappa shape index (κ2) is 4.82. The van der Waals surface area contributed by atoms with Crippen LogP contribution in [0.15, 0.2) is 23.7 Å². The molecule has 150 valence electrons. The van der Waals surface area contributed by atoms with Gasteiger partial charge in [0.15, 0.2) is 5.82 Å². The van der Waals surface area contributed by atoms with Crippen LogP contribution in [0.2, 0.25) is 0 Å². The van der Waals surface area contributed by atoms with Gasteiger partial charge in [0, 0.05) is 23.9 Å². The number of carbonyl (C=O) groups excluding carboxylic acids is 1. The summed E-state index contributed by atoms with van der Waals surface area (Å²) in [6, 6.07) is 0.0607. The standard InChI is InChI=1S/C22H25N5O2/c28-20(25-22-9-12-5-11-6-13(22)8-21(11,12)22)18-15-7-14-1-2-16(29-14)19(15)27(26-18)17-10-23-3-4-24-17/h3-4,10-16,19H,1-2,5-9H2,(H,25,28). The van der Waals surface area contributed by atoms with E-state index in [9.17, 15) is 4.79 Å². The molecule has 4 heterocycles. The molecule has 9 atom stereocenters. The van der Waals surface area contributed by atoms with E-state index in [1.165, 1.54) is 25.7 Å². The summed E-state index contributed by atoms with van der Waals surface area (Å²) in [5.74, 6) is 3.36. The van der Waals surface area contributed by atoms with E-state index in [1.807, 2.05) is 5.01 Å².